The summed E-state index contributed by atoms with van der Waals surface area (Å²) >= 11 is 0. The molecule has 5 rings (SSSR count). The standard InChI is InChI=1S/C19H21N9O2/c1-10(22-15-8-21-24-18(20)23-15)14-7-13-5-12(11-3-4-11)6-16(28(13)25-14)27-9-17(29)26(2)19(27)30/h5-8,10-11H,3-4,9H2,1-2H3,(H3,20,22,23,24). The fourth-order valence-corrected chi connectivity index (χ4v) is 3.64. The molecule has 11 nitrogen and oxygen atoms in total. The summed E-state index contributed by atoms with van der Waals surface area (Å²) in [6, 6.07) is 5.49. The topological polar surface area (TPSA) is 135 Å². The summed E-state index contributed by atoms with van der Waals surface area (Å²) < 4.78 is 1.72. The molecule has 3 aromatic heterocycles. The number of nitrogens with two attached hydrogens (primary N) is 1. The van der Waals surface area contributed by atoms with Crippen LogP contribution in [0.3, 0.4) is 0 Å². The van der Waals surface area contributed by atoms with E-state index in [0.29, 0.717) is 17.6 Å². The Bertz CT molecular complexity index is 1170. The fraction of sp³-hybridized carbons (Fsp3) is 0.368. The summed E-state index contributed by atoms with van der Waals surface area (Å²) in [5, 5.41) is 15.4. The predicted molar refractivity (Wildman–Crippen MR) is 109 cm³/mol. The maximum atomic E-state index is 12.6. The summed E-state index contributed by atoms with van der Waals surface area (Å²) in [5.74, 6) is 1.43. The molecular formula is C19H21N9O2. The molecule has 1 saturated carbocycles. The van der Waals surface area contributed by atoms with Crippen LogP contribution in [0.4, 0.5) is 22.4 Å². The number of fused-ring (bicyclic) bond motifs is 1. The van der Waals surface area contributed by atoms with Gasteiger partial charge < -0.3 is 11.1 Å². The average molecular weight is 407 g/mol. The quantitative estimate of drug-likeness (QED) is 0.608. The van der Waals surface area contributed by atoms with Crippen LogP contribution in [0.25, 0.3) is 5.52 Å². The molecule has 154 valence electrons. The number of carbonyl (C=O) groups excluding carboxylic acids is 2. The molecular weight excluding hydrogens is 386 g/mol. The molecule has 3 amide bonds. The number of hydrogen-bond donors (Lipinski definition) is 2. The van der Waals surface area contributed by atoms with Crippen molar-refractivity contribution in [3.05, 3.63) is 35.7 Å². The van der Waals surface area contributed by atoms with Crippen molar-refractivity contribution in [2.45, 2.75) is 31.7 Å². The molecule has 2 fully saturated rings. The van der Waals surface area contributed by atoms with E-state index >= 15 is 0 Å². The van der Waals surface area contributed by atoms with Gasteiger partial charge in [-0.2, -0.15) is 15.2 Å². The van der Waals surface area contributed by atoms with Crippen molar-refractivity contribution in [3.63, 3.8) is 0 Å². The molecule has 1 atom stereocenters. The van der Waals surface area contributed by atoms with Gasteiger partial charge >= 0.3 is 6.03 Å². The number of urea groups is 1. The van der Waals surface area contributed by atoms with Gasteiger partial charge in [-0.3, -0.25) is 14.6 Å². The lowest BCUT2D eigenvalue weighted by Crippen LogP contribution is -2.31. The van der Waals surface area contributed by atoms with E-state index in [-0.39, 0.29) is 30.5 Å². The van der Waals surface area contributed by atoms with Crippen LogP contribution in [0.5, 0.6) is 0 Å². The molecule has 1 unspecified atom stereocenters. The number of hydrogen-bond acceptors (Lipinski definition) is 8. The number of nitrogens with one attached hydrogen (secondary N) is 1. The van der Waals surface area contributed by atoms with Gasteiger partial charge in [0.1, 0.15) is 12.4 Å². The van der Waals surface area contributed by atoms with Gasteiger partial charge in [0.2, 0.25) is 5.95 Å². The Morgan fingerprint density at radius 2 is 2.03 bits per heavy atom. The number of likely N-dealkylation sites (N-methyl/N-ethyl adjacent to an activating group) is 1. The van der Waals surface area contributed by atoms with Gasteiger partial charge in [0.05, 0.1) is 23.4 Å². The average Bonchev–Trinajstić information content (AvgIpc) is 3.43. The molecule has 4 heterocycles. The Labute approximate surface area is 171 Å². The highest BCUT2D eigenvalue weighted by molar-refractivity contribution is 6.11. The highest BCUT2D eigenvalue weighted by Gasteiger charge is 2.36. The normalized spacial score (nSPS) is 17.8. The van der Waals surface area contributed by atoms with E-state index in [1.54, 1.807) is 4.52 Å². The molecule has 11 heteroatoms. The van der Waals surface area contributed by atoms with Crippen LogP contribution < -0.4 is 16.0 Å². The van der Waals surface area contributed by atoms with Crippen LogP contribution in [0.2, 0.25) is 0 Å². The minimum absolute atomic E-state index is 0.00737. The maximum Gasteiger partial charge on any atom is 0.332 e. The SMILES string of the molecule is CC(Nc1cnnc(N)n1)c1cc2cc(C3CC3)cc(N3CC(=O)N(C)C3=O)n2n1. The predicted octanol–water partition coefficient (Wildman–Crippen LogP) is 1.55. The minimum Gasteiger partial charge on any atom is -0.366 e. The van der Waals surface area contributed by atoms with Crippen molar-refractivity contribution in [1.29, 1.82) is 0 Å². The summed E-state index contributed by atoms with van der Waals surface area (Å²) in [4.78, 5) is 31.4. The molecule has 0 spiro atoms. The van der Waals surface area contributed by atoms with Crippen LogP contribution in [-0.2, 0) is 4.79 Å². The van der Waals surface area contributed by atoms with Gasteiger partial charge in [-0.1, -0.05) is 0 Å². The molecule has 0 bridgehead atoms. The number of rotatable bonds is 5. The summed E-state index contributed by atoms with van der Waals surface area (Å²) in [5.41, 5.74) is 8.38. The first-order chi connectivity index (χ1) is 14.4. The van der Waals surface area contributed by atoms with Crippen molar-refractivity contribution >= 4 is 35.0 Å². The molecule has 1 aliphatic heterocycles. The Morgan fingerprint density at radius 1 is 1.23 bits per heavy atom. The van der Waals surface area contributed by atoms with Gasteiger partial charge in [-0.05, 0) is 49.4 Å². The van der Waals surface area contributed by atoms with Crippen LogP contribution >= 0.6 is 0 Å². The zero-order valence-corrected chi connectivity index (χ0v) is 16.6. The molecule has 3 N–H and O–H groups in total. The fourth-order valence-electron chi connectivity index (χ4n) is 3.64. The van der Waals surface area contributed by atoms with Crippen molar-refractivity contribution in [1.82, 2.24) is 29.7 Å². The van der Waals surface area contributed by atoms with Crippen molar-refractivity contribution in [3.8, 4) is 0 Å². The second kappa shape index (κ2) is 6.65. The molecule has 2 aliphatic rings. The Hall–Kier alpha value is -3.76. The van der Waals surface area contributed by atoms with Gasteiger partial charge in [-0.15, -0.1) is 5.10 Å². The van der Waals surface area contributed by atoms with E-state index in [0.717, 1.165) is 34.5 Å². The van der Waals surface area contributed by atoms with Gasteiger partial charge in [0.15, 0.2) is 5.82 Å². The molecule has 30 heavy (non-hydrogen) atoms. The molecule has 0 radical (unpaired) electrons. The maximum absolute atomic E-state index is 12.6. The lowest BCUT2D eigenvalue weighted by Gasteiger charge is -2.17. The van der Waals surface area contributed by atoms with Gasteiger partial charge in [-0.25, -0.2) is 9.31 Å². The number of carbonyl (C=O) groups is 2. The minimum atomic E-state index is -0.347. The first-order valence-electron chi connectivity index (χ1n) is 9.74. The van der Waals surface area contributed by atoms with Gasteiger partial charge in [0, 0.05) is 7.05 Å². The zero-order valence-electron chi connectivity index (χ0n) is 16.6. The monoisotopic (exact) mass is 407 g/mol. The summed E-state index contributed by atoms with van der Waals surface area (Å²) in [6.45, 7) is 1.95. The third-order valence-electron chi connectivity index (χ3n) is 5.48. The number of aromatic nitrogens is 5. The number of anilines is 3. The second-order valence-electron chi connectivity index (χ2n) is 7.71. The van der Waals surface area contributed by atoms with Crippen molar-refractivity contribution in [2.24, 2.45) is 0 Å². The molecule has 3 aromatic rings. The van der Waals surface area contributed by atoms with Crippen molar-refractivity contribution < 1.29 is 9.59 Å². The van der Waals surface area contributed by atoms with Crippen LogP contribution in [0.1, 0.15) is 43.0 Å². The van der Waals surface area contributed by atoms with Crippen LogP contribution in [0.15, 0.2) is 24.4 Å². The van der Waals surface area contributed by atoms with E-state index < -0.39 is 0 Å². The number of nitrogen functional groups attached to an aromatic ring is 1. The van der Waals surface area contributed by atoms with E-state index in [9.17, 15) is 9.59 Å². The number of pyridine rings is 1. The highest BCUT2D eigenvalue weighted by atomic mass is 16.2. The second-order valence-corrected chi connectivity index (χ2v) is 7.71. The first-order valence-corrected chi connectivity index (χ1v) is 9.74. The number of amides is 3. The Kier molecular flexibility index (Phi) is 4.05. The molecule has 0 aromatic carbocycles. The van der Waals surface area contributed by atoms with Crippen molar-refractivity contribution in [2.75, 3.05) is 29.5 Å². The van der Waals surface area contributed by atoms with E-state index in [1.165, 1.54) is 18.1 Å². The smallest absolute Gasteiger partial charge is 0.332 e. The van der Waals surface area contributed by atoms with E-state index in [1.807, 2.05) is 19.1 Å². The molecule has 1 saturated heterocycles. The third-order valence-corrected chi connectivity index (χ3v) is 5.48. The third kappa shape index (κ3) is 3.08. The zero-order chi connectivity index (χ0) is 21.0. The Balaban J connectivity index is 1.54. The summed E-state index contributed by atoms with van der Waals surface area (Å²) in [7, 11) is 1.49. The van der Waals surface area contributed by atoms with E-state index in [2.05, 4.69) is 26.6 Å². The summed E-state index contributed by atoms with van der Waals surface area (Å²) in [6.07, 6.45) is 3.75. The van der Waals surface area contributed by atoms with Crippen LogP contribution in [-0.4, -0.2) is 55.2 Å². The lowest BCUT2D eigenvalue weighted by atomic mass is 10.1. The first kappa shape index (κ1) is 18.3. The largest absolute Gasteiger partial charge is 0.366 e. The lowest BCUT2D eigenvalue weighted by molar-refractivity contribution is -0.123. The number of imide groups is 1. The van der Waals surface area contributed by atoms with Crippen LogP contribution in [0, 0.1) is 0 Å². The van der Waals surface area contributed by atoms with E-state index in [4.69, 9.17) is 10.8 Å². The molecule has 1 aliphatic carbocycles. The Morgan fingerprint density at radius 3 is 2.70 bits per heavy atom. The number of nitrogens with zero attached hydrogens (tertiary/aromatic N) is 7. The van der Waals surface area contributed by atoms with Gasteiger partial charge in [0.25, 0.3) is 5.91 Å². The highest BCUT2D eigenvalue weighted by Crippen LogP contribution is 2.42.